The van der Waals surface area contributed by atoms with Gasteiger partial charge in [0.25, 0.3) is 5.56 Å². The van der Waals surface area contributed by atoms with Crippen LogP contribution in [-0.2, 0) is 6.54 Å². The number of anilines is 1. The summed E-state index contributed by atoms with van der Waals surface area (Å²) < 4.78 is 1.99. The van der Waals surface area contributed by atoms with Crippen LogP contribution in [0.1, 0.15) is 24.8 Å². The van der Waals surface area contributed by atoms with Gasteiger partial charge >= 0.3 is 0 Å². The first-order valence-electron chi connectivity index (χ1n) is 5.63. The van der Waals surface area contributed by atoms with Crippen molar-refractivity contribution in [2.45, 2.75) is 26.4 Å². The van der Waals surface area contributed by atoms with Gasteiger partial charge in [-0.1, -0.05) is 6.07 Å². The Bertz CT molecular complexity index is 578. The molecule has 96 valence electrons. The maximum Gasteiger partial charge on any atom is 0.283 e. The molecule has 0 atom stereocenters. The highest BCUT2D eigenvalue weighted by Crippen LogP contribution is 2.19. The molecule has 0 amide bonds. The Morgan fingerprint density at radius 3 is 2.94 bits per heavy atom. The Labute approximate surface area is 118 Å². The van der Waals surface area contributed by atoms with Gasteiger partial charge in [0.1, 0.15) is 4.47 Å². The number of nitrogens with zero attached hydrogens (tertiary/aromatic N) is 2. The van der Waals surface area contributed by atoms with Crippen LogP contribution in [0.2, 0.25) is 0 Å². The standard InChI is InChI=1S/C12H14BrN3OS/c1-8(2)16-12(17)11(13)10(7-15-16)14-6-9-4-3-5-18-9/h3-5,7-8,14H,6H2,1-2H3. The largest absolute Gasteiger partial charge is 0.378 e. The summed E-state index contributed by atoms with van der Waals surface area (Å²) in [7, 11) is 0. The summed E-state index contributed by atoms with van der Waals surface area (Å²) in [4.78, 5) is 13.2. The fraction of sp³-hybridized carbons (Fsp3) is 0.333. The van der Waals surface area contributed by atoms with E-state index in [0.717, 1.165) is 5.69 Å². The SMILES string of the molecule is CC(C)n1ncc(NCc2cccs2)c(Br)c1=O. The van der Waals surface area contributed by atoms with E-state index < -0.39 is 0 Å². The monoisotopic (exact) mass is 327 g/mol. The van der Waals surface area contributed by atoms with Crippen LogP contribution < -0.4 is 10.9 Å². The van der Waals surface area contributed by atoms with Crippen LogP contribution in [-0.4, -0.2) is 9.78 Å². The van der Waals surface area contributed by atoms with Crippen LogP contribution in [0.3, 0.4) is 0 Å². The Morgan fingerprint density at radius 2 is 2.33 bits per heavy atom. The van der Waals surface area contributed by atoms with Gasteiger partial charge in [0.05, 0.1) is 17.9 Å². The molecule has 0 fully saturated rings. The molecular weight excluding hydrogens is 314 g/mol. The van der Waals surface area contributed by atoms with Crippen LogP contribution in [0.15, 0.2) is 33.0 Å². The van der Waals surface area contributed by atoms with Gasteiger partial charge in [-0.15, -0.1) is 11.3 Å². The second-order valence-corrected chi connectivity index (χ2v) is 5.97. The van der Waals surface area contributed by atoms with Gasteiger partial charge in [0.15, 0.2) is 0 Å². The van der Waals surface area contributed by atoms with Crippen molar-refractivity contribution >= 4 is 33.0 Å². The van der Waals surface area contributed by atoms with E-state index in [-0.39, 0.29) is 11.6 Å². The van der Waals surface area contributed by atoms with Crippen molar-refractivity contribution in [3.63, 3.8) is 0 Å². The van der Waals surface area contributed by atoms with Crippen molar-refractivity contribution in [1.29, 1.82) is 0 Å². The molecule has 4 nitrogen and oxygen atoms in total. The second-order valence-electron chi connectivity index (χ2n) is 4.15. The maximum absolute atomic E-state index is 12.0. The number of hydrogen-bond donors (Lipinski definition) is 1. The first-order valence-corrected chi connectivity index (χ1v) is 7.30. The smallest absolute Gasteiger partial charge is 0.283 e. The van der Waals surface area contributed by atoms with Crippen molar-refractivity contribution in [2.75, 3.05) is 5.32 Å². The first kappa shape index (κ1) is 13.3. The van der Waals surface area contributed by atoms with Crippen molar-refractivity contribution in [3.05, 3.63) is 43.4 Å². The van der Waals surface area contributed by atoms with Crippen LogP contribution in [0.4, 0.5) is 5.69 Å². The van der Waals surface area contributed by atoms with Crippen molar-refractivity contribution in [3.8, 4) is 0 Å². The van der Waals surface area contributed by atoms with Crippen LogP contribution in [0.5, 0.6) is 0 Å². The molecule has 0 spiro atoms. The molecule has 0 saturated carbocycles. The molecule has 0 radical (unpaired) electrons. The highest BCUT2D eigenvalue weighted by atomic mass is 79.9. The average Bonchev–Trinajstić information content (AvgIpc) is 2.83. The normalized spacial score (nSPS) is 10.9. The summed E-state index contributed by atoms with van der Waals surface area (Å²) >= 11 is 5.01. The topological polar surface area (TPSA) is 46.9 Å². The quantitative estimate of drug-likeness (QED) is 0.937. The Morgan fingerprint density at radius 1 is 1.56 bits per heavy atom. The van der Waals surface area contributed by atoms with Gasteiger partial charge in [-0.3, -0.25) is 4.79 Å². The molecule has 18 heavy (non-hydrogen) atoms. The van der Waals surface area contributed by atoms with E-state index >= 15 is 0 Å². The second kappa shape index (κ2) is 5.67. The molecule has 1 N–H and O–H groups in total. The maximum atomic E-state index is 12.0. The van der Waals surface area contributed by atoms with Gasteiger partial charge in [0.2, 0.25) is 0 Å². The van der Waals surface area contributed by atoms with E-state index in [1.165, 1.54) is 9.56 Å². The van der Waals surface area contributed by atoms with E-state index in [4.69, 9.17) is 0 Å². The fourth-order valence-electron chi connectivity index (χ4n) is 1.53. The molecular formula is C12H14BrN3OS. The molecule has 0 saturated heterocycles. The number of nitrogens with one attached hydrogen (secondary N) is 1. The van der Waals surface area contributed by atoms with Gasteiger partial charge in [-0.05, 0) is 41.2 Å². The third-order valence-corrected chi connectivity index (χ3v) is 4.11. The van der Waals surface area contributed by atoms with E-state index in [9.17, 15) is 4.79 Å². The predicted molar refractivity (Wildman–Crippen MR) is 78.2 cm³/mol. The highest BCUT2D eigenvalue weighted by molar-refractivity contribution is 9.10. The van der Waals surface area contributed by atoms with E-state index in [1.54, 1.807) is 17.5 Å². The van der Waals surface area contributed by atoms with Crippen molar-refractivity contribution < 1.29 is 0 Å². The lowest BCUT2D eigenvalue weighted by molar-refractivity contribution is 0.501. The minimum Gasteiger partial charge on any atom is -0.378 e. The molecule has 2 rings (SSSR count). The lowest BCUT2D eigenvalue weighted by atomic mass is 10.4. The summed E-state index contributed by atoms with van der Waals surface area (Å²) in [6.45, 7) is 4.56. The Kier molecular flexibility index (Phi) is 4.19. The lowest BCUT2D eigenvalue weighted by Gasteiger charge is -2.11. The first-order chi connectivity index (χ1) is 8.59. The molecule has 0 aliphatic heterocycles. The summed E-state index contributed by atoms with van der Waals surface area (Å²) in [6.07, 6.45) is 1.68. The fourth-order valence-corrected chi connectivity index (χ4v) is 2.60. The van der Waals surface area contributed by atoms with E-state index in [1.807, 2.05) is 31.4 Å². The van der Waals surface area contributed by atoms with Crippen LogP contribution in [0.25, 0.3) is 0 Å². The molecule has 2 aromatic heterocycles. The summed E-state index contributed by atoms with van der Waals surface area (Å²) in [6, 6.07) is 4.11. The zero-order valence-electron chi connectivity index (χ0n) is 10.2. The summed E-state index contributed by atoms with van der Waals surface area (Å²) in [5.74, 6) is 0. The van der Waals surface area contributed by atoms with Crippen molar-refractivity contribution in [1.82, 2.24) is 9.78 Å². The average molecular weight is 328 g/mol. The lowest BCUT2D eigenvalue weighted by Crippen LogP contribution is -2.25. The van der Waals surface area contributed by atoms with E-state index in [2.05, 4.69) is 26.3 Å². The van der Waals surface area contributed by atoms with Gasteiger partial charge < -0.3 is 5.32 Å². The third-order valence-electron chi connectivity index (χ3n) is 2.47. The van der Waals surface area contributed by atoms with Crippen LogP contribution >= 0.6 is 27.3 Å². The van der Waals surface area contributed by atoms with Crippen molar-refractivity contribution in [2.24, 2.45) is 0 Å². The number of halogens is 1. The predicted octanol–water partition coefficient (Wildman–Crippen LogP) is 3.26. The van der Waals surface area contributed by atoms with Crippen LogP contribution in [0, 0.1) is 0 Å². The van der Waals surface area contributed by atoms with E-state index in [0.29, 0.717) is 11.0 Å². The number of thiophene rings is 1. The zero-order valence-corrected chi connectivity index (χ0v) is 12.6. The molecule has 0 bridgehead atoms. The van der Waals surface area contributed by atoms with Gasteiger partial charge in [-0.25, -0.2) is 4.68 Å². The Balaban J connectivity index is 2.20. The third kappa shape index (κ3) is 2.81. The minimum atomic E-state index is -0.110. The molecule has 2 heterocycles. The minimum absolute atomic E-state index is 0.0557. The van der Waals surface area contributed by atoms with Gasteiger partial charge in [-0.2, -0.15) is 5.10 Å². The molecule has 0 aromatic carbocycles. The number of rotatable bonds is 4. The summed E-state index contributed by atoms with van der Waals surface area (Å²) in [5.41, 5.74) is 0.617. The molecule has 0 aliphatic rings. The molecule has 2 aromatic rings. The summed E-state index contributed by atoms with van der Waals surface area (Å²) in [5, 5.41) is 9.39. The molecule has 0 aliphatic carbocycles. The van der Waals surface area contributed by atoms with Gasteiger partial charge in [0, 0.05) is 11.4 Å². The molecule has 6 heteroatoms. The zero-order chi connectivity index (χ0) is 13.1. The number of hydrogen-bond acceptors (Lipinski definition) is 4. The number of aromatic nitrogens is 2. The Hall–Kier alpha value is -1.14. The molecule has 0 unspecified atom stereocenters. The highest BCUT2D eigenvalue weighted by Gasteiger charge is 2.10.